The van der Waals surface area contributed by atoms with Crippen molar-refractivity contribution in [2.45, 2.75) is 25.9 Å². The van der Waals surface area contributed by atoms with Crippen LogP contribution in [0.2, 0.25) is 0 Å². The first-order chi connectivity index (χ1) is 10.6. The fourth-order valence-electron chi connectivity index (χ4n) is 2.91. The first-order valence-electron chi connectivity index (χ1n) is 7.64. The Morgan fingerprint density at radius 2 is 2.09 bits per heavy atom. The standard InChI is InChI=1S/C16H22N2O4/c1-10-11(2)18(5-4-17-10)16(19)12-8-13(20-3)15-14(9-12)21-6-7-22-15/h8-11,17H,4-7H2,1-3H3. The van der Waals surface area contributed by atoms with Gasteiger partial charge in [-0.1, -0.05) is 0 Å². The normalized spacial score (nSPS) is 24.0. The van der Waals surface area contributed by atoms with Gasteiger partial charge in [0.1, 0.15) is 13.2 Å². The third-order valence-corrected chi connectivity index (χ3v) is 4.37. The first-order valence-corrected chi connectivity index (χ1v) is 7.64. The van der Waals surface area contributed by atoms with Gasteiger partial charge in [-0.3, -0.25) is 4.79 Å². The van der Waals surface area contributed by atoms with Crippen LogP contribution in [0.4, 0.5) is 0 Å². The highest BCUT2D eigenvalue weighted by Crippen LogP contribution is 2.40. The number of piperazine rings is 1. The fourth-order valence-corrected chi connectivity index (χ4v) is 2.91. The summed E-state index contributed by atoms with van der Waals surface area (Å²) in [5.74, 6) is 1.68. The molecule has 1 aromatic carbocycles. The maximum atomic E-state index is 12.9. The summed E-state index contributed by atoms with van der Waals surface area (Å²) in [4.78, 5) is 14.8. The number of fused-ring (bicyclic) bond motifs is 1. The molecule has 0 aromatic heterocycles. The van der Waals surface area contributed by atoms with Gasteiger partial charge >= 0.3 is 0 Å². The molecule has 2 heterocycles. The molecule has 0 bridgehead atoms. The van der Waals surface area contributed by atoms with Crippen LogP contribution in [-0.2, 0) is 0 Å². The van der Waals surface area contributed by atoms with Crippen molar-refractivity contribution < 1.29 is 19.0 Å². The van der Waals surface area contributed by atoms with Crippen LogP contribution >= 0.6 is 0 Å². The molecule has 1 saturated heterocycles. The van der Waals surface area contributed by atoms with Crippen LogP contribution in [0.3, 0.4) is 0 Å². The van der Waals surface area contributed by atoms with E-state index < -0.39 is 0 Å². The van der Waals surface area contributed by atoms with Crippen molar-refractivity contribution in [3.05, 3.63) is 17.7 Å². The predicted molar refractivity (Wildman–Crippen MR) is 81.9 cm³/mol. The Bertz CT molecular complexity index is 558. The van der Waals surface area contributed by atoms with Crippen molar-refractivity contribution in [1.82, 2.24) is 10.2 Å². The van der Waals surface area contributed by atoms with Crippen LogP contribution in [0, 0.1) is 0 Å². The molecule has 0 aliphatic carbocycles. The average molecular weight is 306 g/mol. The molecule has 0 saturated carbocycles. The molecule has 0 radical (unpaired) electrons. The Hall–Kier alpha value is -1.95. The molecule has 6 heteroatoms. The highest BCUT2D eigenvalue weighted by molar-refractivity contribution is 5.96. The van der Waals surface area contributed by atoms with Crippen molar-refractivity contribution in [1.29, 1.82) is 0 Å². The zero-order valence-corrected chi connectivity index (χ0v) is 13.2. The summed E-state index contributed by atoms with van der Waals surface area (Å²) in [6.45, 7) is 6.62. The van der Waals surface area contributed by atoms with Gasteiger partial charge in [-0.15, -0.1) is 0 Å². The lowest BCUT2D eigenvalue weighted by Gasteiger charge is -2.38. The number of hydrogen-bond donors (Lipinski definition) is 1. The van der Waals surface area contributed by atoms with Crippen molar-refractivity contribution in [2.24, 2.45) is 0 Å². The van der Waals surface area contributed by atoms with Crippen LogP contribution < -0.4 is 19.5 Å². The third-order valence-electron chi connectivity index (χ3n) is 4.37. The quantitative estimate of drug-likeness (QED) is 0.892. The van der Waals surface area contributed by atoms with Gasteiger partial charge in [0.05, 0.1) is 7.11 Å². The van der Waals surface area contributed by atoms with Crippen LogP contribution in [0.5, 0.6) is 17.2 Å². The van der Waals surface area contributed by atoms with Crippen molar-refractivity contribution >= 4 is 5.91 Å². The Balaban J connectivity index is 1.92. The minimum absolute atomic E-state index is 0.00359. The van der Waals surface area contributed by atoms with Gasteiger partial charge in [0, 0.05) is 30.7 Å². The Kier molecular flexibility index (Phi) is 4.11. The van der Waals surface area contributed by atoms with Gasteiger partial charge in [0.15, 0.2) is 11.5 Å². The van der Waals surface area contributed by atoms with Crippen molar-refractivity contribution in [3.63, 3.8) is 0 Å². The summed E-state index contributed by atoms with van der Waals surface area (Å²) in [5.41, 5.74) is 0.571. The molecule has 1 aromatic rings. The minimum Gasteiger partial charge on any atom is -0.493 e. The summed E-state index contributed by atoms with van der Waals surface area (Å²) < 4.78 is 16.5. The number of ether oxygens (including phenoxy) is 3. The monoisotopic (exact) mass is 306 g/mol. The van der Waals surface area contributed by atoms with Gasteiger partial charge in [0.2, 0.25) is 5.75 Å². The smallest absolute Gasteiger partial charge is 0.254 e. The van der Waals surface area contributed by atoms with Crippen molar-refractivity contribution in [2.75, 3.05) is 33.4 Å². The molecule has 2 unspecified atom stereocenters. The molecule has 1 amide bonds. The molecule has 2 aliphatic rings. The number of methoxy groups -OCH3 is 1. The second-order valence-electron chi connectivity index (χ2n) is 5.68. The number of rotatable bonds is 2. The Morgan fingerprint density at radius 3 is 2.86 bits per heavy atom. The number of carbonyl (C=O) groups is 1. The maximum absolute atomic E-state index is 12.9. The zero-order valence-electron chi connectivity index (χ0n) is 13.2. The molecule has 0 spiro atoms. The summed E-state index contributed by atoms with van der Waals surface area (Å²) in [5, 5.41) is 3.38. The van der Waals surface area contributed by atoms with Crippen LogP contribution in [0.15, 0.2) is 12.1 Å². The van der Waals surface area contributed by atoms with Gasteiger partial charge < -0.3 is 24.4 Å². The number of benzene rings is 1. The lowest BCUT2D eigenvalue weighted by Crippen LogP contribution is -2.57. The predicted octanol–water partition coefficient (Wildman–Crippen LogP) is 1.29. The lowest BCUT2D eigenvalue weighted by molar-refractivity contribution is 0.0601. The summed E-state index contributed by atoms with van der Waals surface area (Å²) >= 11 is 0. The van der Waals surface area contributed by atoms with Crippen LogP contribution in [0.25, 0.3) is 0 Å². The second kappa shape index (κ2) is 6.04. The van der Waals surface area contributed by atoms with Gasteiger partial charge in [-0.2, -0.15) is 0 Å². The molecule has 3 rings (SSSR count). The topological polar surface area (TPSA) is 60.0 Å². The number of carbonyl (C=O) groups excluding carboxylic acids is 1. The maximum Gasteiger partial charge on any atom is 0.254 e. The molecule has 1 N–H and O–H groups in total. The summed E-state index contributed by atoms with van der Waals surface area (Å²) in [7, 11) is 1.57. The molecule has 120 valence electrons. The number of nitrogens with zero attached hydrogens (tertiary/aromatic N) is 1. The van der Waals surface area contributed by atoms with Gasteiger partial charge in [-0.25, -0.2) is 0 Å². The molecule has 22 heavy (non-hydrogen) atoms. The Labute approximate surface area is 130 Å². The van der Waals surface area contributed by atoms with E-state index >= 15 is 0 Å². The number of nitrogens with one attached hydrogen (secondary N) is 1. The van der Waals surface area contributed by atoms with Crippen molar-refractivity contribution in [3.8, 4) is 17.2 Å². The average Bonchev–Trinajstić information content (AvgIpc) is 2.55. The first kappa shape index (κ1) is 15.0. The van der Waals surface area contributed by atoms with E-state index in [-0.39, 0.29) is 18.0 Å². The molecule has 2 aliphatic heterocycles. The molecule has 6 nitrogen and oxygen atoms in total. The van der Waals surface area contributed by atoms with E-state index in [0.29, 0.717) is 42.6 Å². The van der Waals surface area contributed by atoms with Gasteiger partial charge in [-0.05, 0) is 26.0 Å². The molecular weight excluding hydrogens is 284 g/mol. The number of hydrogen-bond acceptors (Lipinski definition) is 5. The van der Waals surface area contributed by atoms with E-state index in [4.69, 9.17) is 14.2 Å². The third kappa shape index (κ3) is 2.59. The Morgan fingerprint density at radius 1 is 1.32 bits per heavy atom. The highest BCUT2D eigenvalue weighted by atomic mass is 16.6. The van der Waals surface area contributed by atoms with Crippen LogP contribution in [0.1, 0.15) is 24.2 Å². The van der Waals surface area contributed by atoms with E-state index in [2.05, 4.69) is 19.2 Å². The SMILES string of the molecule is COc1cc(C(=O)N2CCNC(C)C2C)cc2c1OCCO2. The summed E-state index contributed by atoms with van der Waals surface area (Å²) in [6, 6.07) is 3.89. The minimum atomic E-state index is -0.00359. The highest BCUT2D eigenvalue weighted by Gasteiger charge is 2.30. The number of amides is 1. The fraction of sp³-hybridized carbons (Fsp3) is 0.562. The lowest BCUT2D eigenvalue weighted by atomic mass is 10.0. The van der Waals surface area contributed by atoms with E-state index in [1.54, 1.807) is 19.2 Å². The molecule has 1 fully saturated rings. The van der Waals surface area contributed by atoms with E-state index in [0.717, 1.165) is 6.54 Å². The largest absolute Gasteiger partial charge is 0.493 e. The zero-order chi connectivity index (χ0) is 15.7. The molecular formula is C16H22N2O4. The molecule has 2 atom stereocenters. The second-order valence-corrected chi connectivity index (χ2v) is 5.68. The van der Waals surface area contributed by atoms with E-state index in [1.165, 1.54) is 0 Å². The van der Waals surface area contributed by atoms with Gasteiger partial charge in [0.25, 0.3) is 5.91 Å². The van der Waals surface area contributed by atoms with E-state index in [9.17, 15) is 4.79 Å². The van der Waals surface area contributed by atoms with E-state index in [1.807, 2.05) is 4.90 Å². The van der Waals surface area contributed by atoms with Crippen LogP contribution in [-0.4, -0.2) is 56.3 Å². The summed E-state index contributed by atoms with van der Waals surface area (Å²) in [6.07, 6.45) is 0.